The molecule has 0 spiro atoms. The number of amides is 2. The van der Waals surface area contributed by atoms with Gasteiger partial charge in [-0.15, -0.1) is 0 Å². The second kappa shape index (κ2) is 7.62. The standard InChI is InChI=1S/C17H20N6O4/c1-25-11-14-20-15(27-21-14)10-18-16(24)22-6-8-23(9-7-22)17-19-12-4-2-3-5-13(12)26-17/h2-5H,6-11H2,1H3,(H,18,24). The highest BCUT2D eigenvalue weighted by Crippen LogP contribution is 2.22. The van der Waals surface area contributed by atoms with E-state index in [4.69, 9.17) is 13.7 Å². The van der Waals surface area contributed by atoms with Gasteiger partial charge in [0.25, 0.3) is 6.01 Å². The summed E-state index contributed by atoms with van der Waals surface area (Å²) < 4.78 is 15.8. The topological polar surface area (TPSA) is 110 Å². The number of fused-ring (bicyclic) bond motifs is 1. The molecule has 4 rings (SSSR count). The van der Waals surface area contributed by atoms with Crippen LogP contribution in [0.2, 0.25) is 0 Å². The molecular formula is C17H20N6O4. The second-order valence-corrected chi connectivity index (χ2v) is 6.13. The maximum Gasteiger partial charge on any atom is 0.317 e. The lowest BCUT2D eigenvalue weighted by Crippen LogP contribution is -2.51. The zero-order valence-electron chi connectivity index (χ0n) is 14.9. The molecule has 1 aliphatic rings. The van der Waals surface area contributed by atoms with Crippen molar-refractivity contribution in [3.63, 3.8) is 0 Å². The van der Waals surface area contributed by atoms with E-state index in [-0.39, 0.29) is 19.2 Å². The summed E-state index contributed by atoms with van der Waals surface area (Å²) in [4.78, 5) is 24.7. The number of anilines is 1. The lowest BCUT2D eigenvalue weighted by atomic mass is 10.3. The molecule has 2 aromatic heterocycles. The number of nitrogens with zero attached hydrogens (tertiary/aromatic N) is 5. The molecule has 1 aromatic carbocycles. The first-order chi connectivity index (χ1) is 13.2. The molecule has 1 fully saturated rings. The van der Waals surface area contributed by atoms with E-state index >= 15 is 0 Å². The third kappa shape index (κ3) is 3.85. The minimum absolute atomic E-state index is 0.168. The van der Waals surface area contributed by atoms with E-state index in [0.29, 0.717) is 43.9 Å². The molecule has 0 saturated carbocycles. The van der Waals surface area contributed by atoms with E-state index in [1.165, 1.54) is 0 Å². The van der Waals surface area contributed by atoms with E-state index in [0.717, 1.165) is 11.1 Å². The van der Waals surface area contributed by atoms with Crippen molar-refractivity contribution in [1.82, 2.24) is 25.3 Å². The summed E-state index contributed by atoms with van der Waals surface area (Å²) in [6, 6.07) is 8.08. The summed E-state index contributed by atoms with van der Waals surface area (Å²) in [6.07, 6.45) is 0. The Hall–Kier alpha value is -3.14. The van der Waals surface area contributed by atoms with Crippen LogP contribution in [-0.2, 0) is 17.9 Å². The van der Waals surface area contributed by atoms with Gasteiger partial charge in [0.15, 0.2) is 11.4 Å². The molecule has 0 atom stereocenters. The van der Waals surface area contributed by atoms with Gasteiger partial charge in [-0.2, -0.15) is 9.97 Å². The number of para-hydroxylation sites is 2. The molecule has 3 heterocycles. The van der Waals surface area contributed by atoms with Crippen LogP contribution in [0, 0.1) is 0 Å². The second-order valence-electron chi connectivity index (χ2n) is 6.13. The molecule has 0 aliphatic carbocycles. The van der Waals surface area contributed by atoms with Crippen molar-refractivity contribution in [3.8, 4) is 0 Å². The molecule has 1 aliphatic heterocycles. The fraction of sp³-hybridized carbons (Fsp3) is 0.412. The van der Waals surface area contributed by atoms with Gasteiger partial charge in [-0.1, -0.05) is 17.3 Å². The Bertz CT molecular complexity index is 882. The van der Waals surface area contributed by atoms with Crippen LogP contribution in [0.3, 0.4) is 0 Å². The third-order valence-corrected chi connectivity index (χ3v) is 4.29. The van der Waals surface area contributed by atoms with Gasteiger partial charge in [0.1, 0.15) is 12.1 Å². The van der Waals surface area contributed by atoms with Gasteiger partial charge in [0.05, 0.1) is 6.54 Å². The number of methoxy groups -OCH3 is 1. The van der Waals surface area contributed by atoms with Crippen LogP contribution in [0.5, 0.6) is 0 Å². The third-order valence-electron chi connectivity index (χ3n) is 4.29. The van der Waals surface area contributed by atoms with Gasteiger partial charge >= 0.3 is 6.03 Å². The quantitative estimate of drug-likeness (QED) is 0.715. The molecule has 142 valence electrons. The fourth-order valence-electron chi connectivity index (χ4n) is 2.91. The van der Waals surface area contributed by atoms with Crippen LogP contribution >= 0.6 is 0 Å². The minimum Gasteiger partial charge on any atom is -0.423 e. The maximum absolute atomic E-state index is 12.3. The average Bonchev–Trinajstić information content (AvgIpc) is 3.33. The van der Waals surface area contributed by atoms with E-state index < -0.39 is 0 Å². The van der Waals surface area contributed by atoms with Gasteiger partial charge in [0, 0.05) is 33.3 Å². The first-order valence-corrected chi connectivity index (χ1v) is 8.66. The van der Waals surface area contributed by atoms with Gasteiger partial charge in [-0.05, 0) is 12.1 Å². The largest absolute Gasteiger partial charge is 0.423 e. The summed E-state index contributed by atoms with van der Waals surface area (Å²) in [6.45, 7) is 2.90. The summed E-state index contributed by atoms with van der Waals surface area (Å²) in [5.74, 6) is 0.800. The molecule has 0 radical (unpaired) electrons. The van der Waals surface area contributed by atoms with Crippen molar-refractivity contribution in [2.45, 2.75) is 13.2 Å². The molecule has 27 heavy (non-hydrogen) atoms. The van der Waals surface area contributed by atoms with E-state index in [1.807, 2.05) is 29.2 Å². The minimum atomic E-state index is -0.168. The van der Waals surface area contributed by atoms with E-state index in [9.17, 15) is 4.79 Å². The average molecular weight is 372 g/mol. The number of aromatic nitrogens is 3. The lowest BCUT2D eigenvalue weighted by Gasteiger charge is -2.33. The Morgan fingerprint density at radius 1 is 1.22 bits per heavy atom. The molecular weight excluding hydrogens is 352 g/mol. The summed E-state index contributed by atoms with van der Waals surface area (Å²) >= 11 is 0. The Morgan fingerprint density at radius 2 is 2.04 bits per heavy atom. The number of urea groups is 1. The monoisotopic (exact) mass is 372 g/mol. The van der Waals surface area contributed by atoms with Gasteiger partial charge in [0.2, 0.25) is 5.89 Å². The number of carbonyl (C=O) groups is 1. The number of oxazole rings is 1. The highest BCUT2D eigenvalue weighted by Gasteiger charge is 2.24. The smallest absolute Gasteiger partial charge is 0.317 e. The van der Waals surface area contributed by atoms with E-state index in [1.54, 1.807) is 12.0 Å². The van der Waals surface area contributed by atoms with Crippen LogP contribution in [0.25, 0.3) is 11.1 Å². The highest BCUT2D eigenvalue weighted by molar-refractivity contribution is 5.75. The Labute approximate surface area is 155 Å². The molecule has 0 unspecified atom stereocenters. The summed E-state index contributed by atoms with van der Waals surface area (Å²) in [7, 11) is 1.55. The Balaban J connectivity index is 1.28. The summed E-state index contributed by atoms with van der Waals surface area (Å²) in [5, 5.41) is 6.55. The number of piperazine rings is 1. The first-order valence-electron chi connectivity index (χ1n) is 8.66. The van der Waals surface area contributed by atoms with Gasteiger partial charge < -0.3 is 28.8 Å². The number of hydrogen-bond donors (Lipinski definition) is 1. The van der Waals surface area contributed by atoms with Gasteiger partial charge in [-0.3, -0.25) is 0 Å². The molecule has 0 bridgehead atoms. The van der Waals surface area contributed by atoms with Crippen molar-refractivity contribution in [1.29, 1.82) is 0 Å². The molecule has 10 heteroatoms. The number of ether oxygens (including phenoxy) is 1. The van der Waals surface area contributed by atoms with Crippen molar-refractivity contribution in [3.05, 3.63) is 36.0 Å². The number of hydrogen-bond acceptors (Lipinski definition) is 8. The Kier molecular flexibility index (Phi) is 4.88. The number of benzene rings is 1. The van der Waals surface area contributed by atoms with Crippen LogP contribution in [0.15, 0.2) is 33.2 Å². The molecule has 3 aromatic rings. The van der Waals surface area contributed by atoms with Crippen molar-refractivity contribution in [2.24, 2.45) is 0 Å². The van der Waals surface area contributed by atoms with Crippen LogP contribution in [-0.4, -0.2) is 59.3 Å². The highest BCUT2D eigenvalue weighted by atomic mass is 16.5. The SMILES string of the molecule is COCc1noc(CNC(=O)N2CCN(c3nc4ccccc4o3)CC2)n1. The zero-order chi connectivity index (χ0) is 18.6. The molecule has 2 amide bonds. The normalized spacial score (nSPS) is 14.7. The van der Waals surface area contributed by atoms with Crippen molar-refractivity contribution >= 4 is 23.1 Å². The predicted octanol–water partition coefficient (Wildman–Crippen LogP) is 1.39. The van der Waals surface area contributed by atoms with E-state index in [2.05, 4.69) is 20.4 Å². The fourth-order valence-corrected chi connectivity index (χ4v) is 2.91. The van der Waals surface area contributed by atoms with Crippen molar-refractivity contribution in [2.75, 3.05) is 38.2 Å². The zero-order valence-corrected chi connectivity index (χ0v) is 14.9. The van der Waals surface area contributed by atoms with Crippen molar-refractivity contribution < 1.29 is 18.5 Å². The van der Waals surface area contributed by atoms with Crippen LogP contribution in [0.1, 0.15) is 11.7 Å². The Morgan fingerprint density at radius 3 is 2.81 bits per heavy atom. The molecule has 1 N–H and O–H groups in total. The number of nitrogens with one attached hydrogen (secondary N) is 1. The maximum atomic E-state index is 12.3. The first kappa shape index (κ1) is 17.3. The molecule has 1 saturated heterocycles. The molecule has 10 nitrogen and oxygen atoms in total. The predicted molar refractivity (Wildman–Crippen MR) is 95.0 cm³/mol. The number of rotatable bonds is 5. The van der Waals surface area contributed by atoms with Crippen LogP contribution in [0.4, 0.5) is 10.8 Å². The lowest BCUT2D eigenvalue weighted by molar-refractivity contribution is 0.174. The van der Waals surface area contributed by atoms with Gasteiger partial charge in [-0.25, -0.2) is 4.79 Å². The van der Waals surface area contributed by atoms with Crippen LogP contribution < -0.4 is 10.2 Å². The summed E-state index contributed by atoms with van der Waals surface area (Å²) in [5.41, 5.74) is 1.60. The number of carbonyl (C=O) groups excluding carboxylic acids is 1.